The molecule has 2 amide bonds. The van der Waals surface area contributed by atoms with Crippen molar-refractivity contribution in [2.45, 2.75) is 25.3 Å². The highest BCUT2D eigenvalue weighted by Crippen LogP contribution is 2.20. The summed E-state index contributed by atoms with van der Waals surface area (Å²) in [6.07, 6.45) is 2.75. The van der Waals surface area contributed by atoms with Crippen molar-refractivity contribution in [3.63, 3.8) is 0 Å². The number of likely N-dealkylation sites (tertiary alicyclic amines) is 1. The van der Waals surface area contributed by atoms with Crippen molar-refractivity contribution in [2.24, 2.45) is 0 Å². The molecular formula is C21H22N2O4. The van der Waals surface area contributed by atoms with E-state index in [0.717, 1.165) is 19.3 Å². The number of carbonyl (C=O) groups excluding carboxylic acids is 2. The molecule has 0 bridgehead atoms. The van der Waals surface area contributed by atoms with E-state index in [9.17, 15) is 14.4 Å². The van der Waals surface area contributed by atoms with Crippen LogP contribution in [0, 0.1) is 0 Å². The van der Waals surface area contributed by atoms with Gasteiger partial charge in [-0.3, -0.25) is 9.59 Å². The second kappa shape index (κ2) is 8.49. The lowest BCUT2D eigenvalue weighted by atomic mass is 10.00. The Morgan fingerprint density at radius 3 is 2.26 bits per heavy atom. The average molecular weight is 366 g/mol. The summed E-state index contributed by atoms with van der Waals surface area (Å²) in [6.45, 7) is 1.03. The van der Waals surface area contributed by atoms with E-state index in [1.807, 2.05) is 18.2 Å². The zero-order chi connectivity index (χ0) is 19.2. The Bertz CT molecular complexity index is 818. The Kier molecular flexibility index (Phi) is 5.86. The van der Waals surface area contributed by atoms with Crippen LogP contribution >= 0.6 is 0 Å². The molecule has 2 N–H and O–H groups in total. The molecular weight excluding hydrogens is 344 g/mol. The van der Waals surface area contributed by atoms with Gasteiger partial charge >= 0.3 is 5.97 Å². The van der Waals surface area contributed by atoms with Gasteiger partial charge in [0.25, 0.3) is 11.8 Å². The number of piperidine rings is 1. The molecule has 1 unspecified atom stereocenters. The van der Waals surface area contributed by atoms with Crippen LogP contribution in [0.25, 0.3) is 0 Å². The van der Waals surface area contributed by atoms with E-state index in [1.54, 1.807) is 29.2 Å². The Labute approximate surface area is 157 Å². The third-order valence-electron chi connectivity index (χ3n) is 4.80. The van der Waals surface area contributed by atoms with Crippen molar-refractivity contribution in [3.8, 4) is 0 Å². The Balaban J connectivity index is 1.66. The first kappa shape index (κ1) is 18.6. The van der Waals surface area contributed by atoms with E-state index in [1.165, 1.54) is 12.1 Å². The summed E-state index contributed by atoms with van der Waals surface area (Å²) in [5.41, 5.74) is 1.20. The number of hydrogen-bond donors (Lipinski definition) is 2. The van der Waals surface area contributed by atoms with Crippen LogP contribution in [-0.4, -0.2) is 46.9 Å². The van der Waals surface area contributed by atoms with Crippen LogP contribution in [0.3, 0.4) is 0 Å². The van der Waals surface area contributed by atoms with E-state index >= 15 is 0 Å². The molecule has 0 aromatic heterocycles. The van der Waals surface area contributed by atoms with E-state index in [-0.39, 0.29) is 23.4 Å². The summed E-state index contributed by atoms with van der Waals surface area (Å²) >= 11 is 0. The van der Waals surface area contributed by atoms with Crippen LogP contribution in [-0.2, 0) is 0 Å². The molecule has 0 saturated carbocycles. The van der Waals surface area contributed by atoms with Gasteiger partial charge in [0.05, 0.1) is 5.56 Å². The van der Waals surface area contributed by atoms with Crippen LogP contribution in [0.1, 0.15) is 50.3 Å². The summed E-state index contributed by atoms with van der Waals surface area (Å²) < 4.78 is 0. The maximum atomic E-state index is 12.9. The highest BCUT2D eigenvalue weighted by molar-refractivity contribution is 5.96. The first-order chi connectivity index (χ1) is 13.1. The smallest absolute Gasteiger partial charge is 0.335 e. The van der Waals surface area contributed by atoms with Gasteiger partial charge in [0.15, 0.2) is 0 Å². The zero-order valence-electron chi connectivity index (χ0n) is 14.9. The molecule has 2 aromatic rings. The fourth-order valence-electron chi connectivity index (χ4n) is 3.30. The van der Waals surface area contributed by atoms with E-state index in [4.69, 9.17) is 5.11 Å². The number of nitrogens with one attached hydrogen (secondary N) is 1. The molecule has 6 nitrogen and oxygen atoms in total. The van der Waals surface area contributed by atoms with Crippen LogP contribution in [0.4, 0.5) is 0 Å². The third kappa shape index (κ3) is 4.53. The zero-order valence-corrected chi connectivity index (χ0v) is 14.9. The van der Waals surface area contributed by atoms with Crippen LogP contribution in [0.5, 0.6) is 0 Å². The van der Waals surface area contributed by atoms with Crippen molar-refractivity contribution in [2.75, 3.05) is 13.1 Å². The van der Waals surface area contributed by atoms with Crippen molar-refractivity contribution in [1.82, 2.24) is 10.2 Å². The van der Waals surface area contributed by atoms with Gasteiger partial charge in [-0.1, -0.05) is 18.2 Å². The second-order valence-electron chi connectivity index (χ2n) is 6.61. The summed E-state index contributed by atoms with van der Waals surface area (Å²) in [5.74, 6) is -1.31. The molecule has 1 heterocycles. The molecule has 0 aliphatic carbocycles. The summed E-state index contributed by atoms with van der Waals surface area (Å²) in [4.78, 5) is 37.9. The highest BCUT2D eigenvalue weighted by atomic mass is 16.4. The molecule has 1 saturated heterocycles. The molecule has 0 radical (unpaired) electrons. The minimum Gasteiger partial charge on any atom is -0.478 e. The Hall–Kier alpha value is -3.15. The molecule has 140 valence electrons. The lowest BCUT2D eigenvalue weighted by molar-refractivity contribution is 0.0601. The third-order valence-corrected chi connectivity index (χ3v) is 4.80. The molecule has 1 aliphatic heterocycles. The van der Waals surface area contributed by atoms with Crippen LogP contribution in [0.15, 0.2) is 54.6 Å². The minimum atomic E-state index is -1.02. The fraction of sp³-hybridized carbons (Fsp3) is 0.286. The standard InChI is InChI=1S/C21H22N2O4/c24-19(15-6-2-1-3-7-15)22-14-18-8-4-5-13-23(18)20(25)16-9-11-17(12-10-16)21(26)27/h1-3,6-7,9-12,18H,4-5,8,13-14H2,(H,22,24)(H,26,27). The SMILES string of the molecule is O=C(O)c1ccc(C(=O)N2CCCCC2CNC(=O)c2ccccc2)cc1. The van der Waals surface area contributed by atoms with Gasteiger partial charge in [-0.2, -0.15) is 0 Å². The Morgan fingerprint density at radius 2 is 1.59 bits per heavy atom. The first-order valence-electron chi connectivity index (χ1n) is 9.04. The van der Waals surface area contributed by atoms with Gasteiger partial charge in [-0.05, 0) is 55.7 Å². The van der Waals surface area contributed by atoms with E-state index in [2.05, 4.69) is 5.32 Å². The molecule has 0 spiro atoms. The van der Waals surface area contributed by atoms with Crippen molar-refractivity contribution in [1.29, 1.82) is 0 Å². The average Bonchev–Trinajstić information content (AvgIpc) is 2.72. The lowest BCUT2D eigenvalue weighted by Gasteiger charge is -2.36. The van der Waals surface area contributed by atoms with Crippen molar-refractivity contribution in [3.05, 3.63) is 71.3 Å². The molecule has 2 aromatic carbocycles. The van der Waals surface area contributed by atoms with Crippen LogP contribution < -0.4 is 5.32 Å². The topological polar surface area (TPSA) is 86.7 Å². The lowest BCUT2D eigenvalue weighted by Crippen LogP contribution is -2.49. The number of rotatable bonds is 5. The monoisotopic (exact) mass is 366 g/mol. The summed E-state index contributed by atoms with van der Waals surface area (Å²) in [7, 11) is 0. The van der Waals surface area contributed by atoms with Crippen LogP contribution in [0.2, 0.25) is 0 Å². The number of nitrogens with zero attached hydrogens (tertiary/aromatic N) is 1. The summed E-state index contributed by atoms with van der Waals surface area (Å²) in [6, 6.07) is 14.9. The summed E-state index contributed by atoms with van der Waals surface area (Å²) in [5, 5.41) is 11.9. The minimum absolute atomic E-state index is 0.0712. The molecule has 3 rings (SSSR count). The number of amides is 2. The van der Waals surface area contributed by atoms with Gasteiger partial charge in [-0.25, -0.2) is 4.79 Å². The Morgan fingerprint density at radius 1 is 0.926 bits per heavy atom. The maximum Gasteiger partial charge on any atom is 0.335 e. The van der Waals surface area contributed by atoms with Gasteiger partial charge in [-0.15, -0.1) is 0 Å². The van der Waals surface area contributed by atoms with Crippen molar-refractivity contribution < 1.29 is 19.5 Å². The van der Waals surface area contributed by atoms with Crippen molar-refractivity contribution >= 4 is 17.8 Å². The molecule has 1 fully saturated rings. The maximum absolute atomic E-state index is 12.9. The highest BCUT2D eigenvalue weighted by Gasteiger charge is 2.28. The molecule has 1 atom stereocenters. The number of hydrogen-bond acceptors (Lipinski definition) is 3. The largest absolute Gasteiger partial charge is 0.478 e. The second-order valence-corrected chi connectivity index (χ2v) is 6.61. The van der Waals surface area contributed by atoms with Gasteiger partial charge in [0.2, 0.25) is 0 Å². The number of carbonyl (C=O) groups is 3. The van der Waals surface area contributed by atoms with E-state index < -0.39 is 5.97 Å². The van der Waals surface area contributed by atoms with E-state index in [0.29, 0.717) is 24.2 Å². The number of carboxylic acid groups (broad SMARTS) is 1. The fourth-order valence-corrected chi connectivity index (χ4v) is 3.30. The van der Waals surface area contributed by atoms with Gasteiger partial charge < -0.3 is 15.3 Å². The number of aromatic carboxylic acids is 1. The molecule has 1 aliphatic rings. The van der Waals surface area contributed by atoms with Gasteiger partial charge in [0, 0.05) is 30.3 Å². The predicted molar refractivity (Wildman–Crippen MR) is 101 cm³/mol. The quantitative estimate of drug-likeness (QED) is 0.852. The normalized spacial score (nSPS) is 16.6. The number of carboxylic acids is 1. The molecule has 6 heteroatoms. The predicted octanol–water partition coefficient (Wildman–Crippen LogP) is 2.81. The molecule has 27 heavy (non-hydrogen) atoms. The van der Waals surface area contributed by atoms with Gasteiger partial charge in [0.1, 0.15) is 0 Å². The first-order valence-corrected chi connectivity index (χ1v) is 9.04. The number of benzene rings is 2.